The molecule has 1 rings (SSSR count). The van der Waals surface area contributed by atoms with Gasteiger partial charge in [-0.3, -0.25) is 4.79 Å². The Morgan fingerprint density at radius 3 is 1.50 bits per heavy atom. The average molecular weight is 398 g/mol. The number of rotatable bonds is 1. The molecule has 1 unspecified atom stereocenters. The first-order valence-electron chi connectivity index (χ1n) is 7.24. The second kappa shape index (κ2) is 9.55. The average Bonchev–Trinajstić information content (AvgIpc) is 2.13. The number of aliphatic carboxylic acids is 1. The van der Waals surface area contributed by atoms with Crippen LogP contribution in [0.3, 0.4) is 0 Å². The summed E-state index contributed by atoms with van der Waals surface area (Å²) in [5.74, 6) is -0.833. The van der Waals surface area contributed by atoms with E-state index >= 15 is 0 Å². The molecule has 0 spiro atoms. The summed E-state index contributed by atoms with van der Waals surface area (Å²) >= 11 is -0.442. The van der Waals surface area contributed by atoms with Gasteiger partial charge in [0.2, 0.25) is 0 Å². The molecule has 0 amide bonds. The van der Waals surface area contributed by atoms with E-state index in [-0.39, 0.29) is 9.90 Å². The van der Waals surface area contributed by atoms with Crippen molar-refractivity contribution >= 4 is 15.9 Å². The van der Waals surface area contributed by atoms with Crippen LogP contribution in [0.1, 0.15) is 80.6 Å². The molecule has 127 valence electrons. The minimum Gasteiger partial charge on any atom is -0.153 e. The van der Waals surface area contributed by atoms with E-state index in [1.807, 2.05) is 0 Å². The van der Waals surface area contributed by atoms with Gasteiger partial charge in [-0.25, -0.2) is 0 Å². The zero-order valence-electron chi connectivity index (χ0n) is 14.5. The van der Waals surface area contributed by atoms with Gasteiger partial charge in [0.25, 0.3) is 5.97 Å². The molecule has 2 nitrogen and oxygen atoms in total. The van der Waals surface area contributed by atoms with Gasteiger partial charge in [-0.05, 0) is 0 Å². The van der Waals surface area contributed by atoms with Crippen LogP contribution in [0.15, 0.2) is 0 Å². The largest absolute Gasteiger partial charge is 0.153 e. The van der Waals surface area contributed by atoms with E-state index in [1.54, 1.807) is 0 Å². The van der Waals surface area contributed by atoms with Crippen molar-refractivity contribution in [3.05, 3.63) is 0 Å². The Bertz CT molecular complexity index is 255. The van der Waals surface area contributed by atoms with E-state index in [2.05, 4.69) is 41.5 Å². The Morgan fingerprint density at radius 1 is 0.950 bits per heavy atom. The van der Waals surface area contributed by atoms with Crippen molar-refractivity contribution in [1.29, 1.82) is 0 Å². The summed E-state index contributed by atoms with van der Waals surface area (Å²) in [6.07, 6.45) is 7.52. The van der Waals surface area contributed by atoms with Crippen molar-refractivity contribution in [3.8, 4) is 0 Å². The monoisotopic (exact) mass is 397 g/mol. The predicted molar refractivity (Wildman–Crippen MR) is 90.7 cm³/mol. The smallest absolute Gasteiger partial charge is 0.153 e. The molecule has 20 heavy (non-hydrogen) atoms. The van der Waals surface area contributed by atoms with Crippen LogP contribution in [0.2, 0.25) is 12.2 Å². The van der Waals surface area contributed by atoms with Crippen molar-refractivity contribution in [2.45, 2.75) is 92.7 Å². The number of carboxylic acid groups (broad SMARTS) is 1. The fourth-order valence-electron chi connectivity index (χ4n) is 2.70. The Balaban J connectivity index is 0. The summed E-state index contributed by atoms with van der Waals surface area (Å²) in [6, 6.07) is 0. The molecule has 1 aliphatic carbocycles. The molecule has 4 heteroatoms. The molecule has 0 heterocycles. The Hall–Kier alpha value is 0.562. The zero-order valence-corrected chi connectivity index (χ0v) is 17.5. The van der Waals surface area contributed by atoms with Gasteiger partial charge < -0.3 is 5.11 Å². The van der Waals surface area contributed by atoms with Crippen LogP contribution >= 0.6 is 9.90 Å². The van der Waals surface area contributed by atoms with Gasteiger partial charge in [0.15, 0.2) is 0 Å². The maximum atomic E-state index is 9.00. The molecular formula is C16H36O2PPd. The van der Waals surface area contributed by atoms with Crippen molar-refractivity contribution in [3.63, 3.8) is 0 Å². The van der Waals surface area contributed by atoms with Crippen molar-refractivity contribution in [2.24, 2.45) is 0 Å². The molecule has 0 aromatic rings. The third-order valence-electron chi connectivity index (χ3n) is 2.78. The van der Waals surface area contributed by atoms with Gasteiger partial charge in [-0.2, -0.15) is 9.90 Å². The van der Waals surface area contributed by atoms with Gasteiger partial charge in [-0.1, -0.05) is 0 Å². The summed E-state index contributed by atoms with van der Waals surface area (Å²) in [5.41, 5.74) is 0. The van der Waals surface area contributed by atoms with Crippen LogP contribution in [0, 0.1) is 0 Å². The fraction of sp³-hybridized carbons (Fsp3) is 0.938. The van der Waals surface area contributed by atoms with Gasteiger partial charge in [0, 0.05) is 6.92 Å². The first-order chi connectivity index (χ1) is 8.46. The maximum absolute atomic E-state index is 9.00. The van der Waals surface area contributed by atoms with Gasteiger partial charge in [0.1, 0.15) is 0 Å². The second-order valence-corrected chi connectivity index (χ2v) is 14.1. The molecule has 1 N–H and O–H groups in total. The zero-order chi connectivity index (χ0) is 15.3. The van der Waals surface area contributed by atoms with E-state index < -0.39 is 22.7 Å². The van der Waals surface area contributed by atoms with Crippen LogP contribution in [0.25, 0.3) is 0 Å². The Kier molecular flexibility index (Phi) is 10.9. The SMILES string of the molecule is CC(=O)O.C[C](C)(C)[Pd]([CH]1CCCCC1)[C](C)(C)C.P. The first kappa shape index (κ1) is 22.8. The maximum Gasteiger partial charge on any atom is -0.153 e. The Labute approximate surface area is 135 Å². The normalized spacial score (nSPS) is 17.4. The minimum absolute atomic E-state index is 0. The van der Waals surface area contributed by atoms with Crippen LogP contribution < -0.4 is 0 Å². The first-order valence-corrected chi connectivity index (χ1v) is 9.70. The quantitative estimate of drug-likeness (QED) is 0.439. The van der Waals surface area contributed by atoms with Crippen molar-refractivity contribution < 1.29 is 26.7 Å². The number of carboxylic acids is 1. The summed E-state index contributed by atoms with van der Waals surface area (Å²) in [6.45, 7) is 16.0. The van der Waals surface area contributed by atoms with Crippen LogP contribution in [-0.2, 0) is 21.6 Å². The van der Waals surface area contributed by atoms with Crippen LogP contribution in [0.5, 0.6) is 0 Å². The van der Waals surface area contributed by atoms with Crippen molar-refractivity contribution in [1.82, 2.24) is 0 Å². The topological polar surface area (TPSA) is 37.3 Å². The van der Waals surface area contributed by atoms with Crippen molar-refractivity contribution in [2.75, 3.05) is 0 Å². The molecule has 0 aromatic carbocycles. The molecule has 0 saturated heterocycles. The van der Waals surface area contributed by atoms with Gasteiger partial charge in [0.05, 0.1) is 0 Å². The third kappa shape index (κ3) is 9.49. The molecule has 0 radical (unpaired) electrons. The molecule has 1 fully saturated rings. The molecule has 1 aliphatic rings. The summed E-state index contributed by atoms with van der Waals surface area (Å²) in [5, 5.41) is 7.42. The van der Waals surface area contributed by atoms with Crippen LogP contribution in [0.4, 0.5) is 0 Å². The summed E-state index contributed by atoms with van der Waals surface area (Å²) < 4.78 is 2.24. The number of hydrogen-bond acceptors (Lipinski definition) is 1. The summed E-state index contributed by atoms with van der Waals surface area (Å²) in [7, 11) is 0. The van der Waals surface area contributed by atoms with E-state index in [4.69, 9.17) is 9.90 Å². The second-order valence-electron chi connectivity index (χ2n) is 6.91. The number of carbonyl (C=O) groups is 1. The van der Waals surface area contributed by atoms with E-state index in [1.165, 1.54) is 32.1 Å². The van der Waals surface area contributed by atoms with Gasteiger partial charge in [-0.15, -0.1) is 0 Å². The molecule has 0 aromatic heterocycles. The summed E-state index contributed by atoms with van der Waals surface area (Å²) in [4.78, 5) is 9.00. The fourth-order valence-corrected chi connectivity index (χ4v) is 11.5. The van der Waals surface area contributed by atoms with E-state index in [0.29, 0.717) is 7.78 Å². The minimum atomic E-state index is -0.833. The van der Waals surface area contributed by atoms with Crippen LogP contribution in [-0.4, -0.2) is 11.1 Å². The molecular weight excluding hydrogens is 362 g/mol. The van der Waals surface area contributed by atoms with Gasteiger partial charge >= 0.3 is 103 Å². The number of hydrogen-bond donors (Lipinski definition) is 1. The Morgan fingerprint density at radius 2 is 1.25 bits per heavy atom. The standard InChI is InChI=1S/C6H11.2C4H9.C2H4O2.H3P.Pd/c1-2-4-6-5-3-1;2*1-4(2)3;1-2(3)4;;/h1H,2-6H2;2*1-3H3;1H3,(H,3,4);1H3;. The molecule has 0 aliphatic heterocycles. The molecule has 1 saturated carbocycles. The third-order valence-corrected chi connectivity index (χ3v) is 9.97. The van der Waals surface area contributed by atoms with E-state index in [0.717, 1.165) is 11.3 Å². The van der Waals surface area contributed by atoms with E-state index in [9.17, 15) is 0 Å². The molecule has 1 atom stereocenters. The molecule has 0 bridgehead atoms. The predicted octanol–water partition coefficient (Wildman–Crippen LogP) is 5.94.